The molecule has 118 valence electrons. The standard InChI is InChI=1S/C14H14N6O2S/c1-7(12(21)18-13(22)15-2)23-14-17-11-10(19-20-14)8-5-3-4-6-9(8)16-11/h3-7H,1-2H3,(H,16,17,20)(H2,15,18,21,22)/t7-/m0/s1. The summed E-state index contributed by atoms with van der Waals surface area (Å²) in [7, 11) is 1.44. The lowest BCUT2D eigenvalue weighted by atomic mass is 10.2. The smallest absolute Gasteiger partial charge is 0.321 e. The number of aromatic amines is 1. The number of hydrogen-bond donors (Lipinski definition) is 3. The van der Waals surface area contributed by atoms with Crippen LogP contribution in [0, 0.1) is 0 Å². The van der Waals surface area contributed by atoms with E-state index in [9.17, 15) is 9.59 Å². The zero-order chi connectivity index (χ0) is 16.4. The highest BCUT2D eigenvalue weighted by Crippen LogP contribution is 2.24. The highest BCUT2D eigenvalue weighted by atomic mass is 32.2. The van der Waals surface area contributed by atoms with Crippen LogP contribution in [0.3, 0.4) is 0 Å². The molecular formula is C14H14N6O2S. The second-order valence-corrected chi connectivity index (χ2v) is 6.10. The number of nitrogens with one attached hydrogen (secondary N) is 3. The average molecular weight is 330 g/mol. The van der Waals surface area contributed by atoms with Crippen molar-refractivity contribution >= 4 is 45.8 Å². The number of urea groups is 1. The van der Waals surface area contributed by atoms with E-state index in [-0.39, 0.29) is 0 Å². The Labute approximate surface area is 135 Å². The summed E-state index contributed by atoms with van der Waals surface area (Å²) in [5.74, 6) is -0.422. The van der Waals surface area contributed by atoms with Crippen LogP contribution in [0.1, 0.15) is 6.92 Å². The monoisotopic (exact) mass is 330 g/mol. The molecule has 8 nitrogen and oxygen atoms in total. The Morgan fingerprint density at radius 2 is 2.04 bits per heavy atom. The maximum absolute atomic E-state index is 11.8. The Hall–Kier alpha value is -2.68. The first-order valence-corrected chi connectivity index (χ1v) is 7.77. The van der Waals surface area contributed by atoms with Crippen molar-refractivity contribution in [3.8, 4) is 0 Å². The summed E-state index contributed by atoms with van der Waals surface area (Å²) in [6.45, 7) is 1.67. The number of imide groups is 1. The van der Waals surface area contributed by atoms with Gasteiger partial charge in [-0.25, -0.2) is 9.78 Å². The number of aromatic nitrogens is 4. The highest BCUT2D eigenvalue weighted by molar-refractivity contribution is 8.00. The van der Waals surface area contributed by atoms with Crippen molar-refractivity contribution < 1.29 is 9.59 Å². The Bertz CT molecular complexity index is 893. The Morgan fingerprint density at radius 3 is 2.83 bits per heavy atom. The van der Waals surface area contributed by atoms with Crippen molar-refractivity contribution in [3.63, 3.8) is 0 Å². The van der Waals surface area contributed by atoms with E-state index in [4.69, 9.17) is 0 Å². The van der Waals surface area contributed by atoms with E-state index < -0.39 is 17.2 Å². The van der Waals surface area contributed by atoms with E-state index in [1.165, 1.54) is 7.05 Å². The average Bonchev–Trinajstić information content (AvgIpc) is 2.92. The number of rotatable bonds is 3. The van der Waals surface area contributed by atoms with E-state index in [1.807, 2.05) is 24.3 Å². The molecule has 2 heterocycles. The van der Waals surface area contributed by atoms with Crippen LogP contribution in [0.15, 0.2) is 29.4 Å². The van der Waals surface area contributed by atoms with Crippen LogP contribution in [-0.2, 0) is 4.79 Å². The lowest BCUT2D eigenvalue weighted by molar-refractivity contribution is -0.119. The molecule has 0 aliphatic heterocycles. The first kappa shape index (κ1) is 15.2. The van der Waals surface area contributed by atoms with E-state index in [0.717, 1.165) is 22.7 Å². The minimum absolute atomic E-state index is 0.364. The van der Waals surface area contributed by atoms with Gasteiger partial charge in [-0.3, -0.25) is 10.1 Å². The third-order valence-corrected chi connectivity index (χ3v) is 4.17. The molecule has 0 unspecified atom stereocenters. The van der Waals surface area contributed by atoms with Gasteiger partial charge in [0.1, 0.15) is 5.52 Å². The lowest BCUT2D eigenvalue weighted by Gasteiger charge is -2.09. The first-order valence-electron chi connectivity index (χ1n) is 6.89. The molecule has 1 aromatic carbocycles. The number of carbonyl (C=O) groups is 2. The normalized spacial score (nSPS) is 12.3. The fourth-order valence-electron chi connectivity index (χ4n) is 2.04. The molecule has 0 aliphatic carbocycles. The lowest BCUT2D eigenvalue weighted by Crippen LogP contribution is -2.41. The molecular weight excluding hydrogens is 316 g/mol. The van der Waals surface area contributed by atoms with Gasteiger partial charge in [0, 0.05) is 18.0 Å². The molecule has 23 heavy (non-hydrogen) atoms. The number of benzene rings is 1. The zero-order valence-corrected chi connectivity index (χ0v) is 13.3. The predicted molar refractivity (Wildman–Crippen MR) is 87.1 cm³/mol. The van der Waals surface area contributed by atoms with Gasteiger partial charge in [0.2, 0.25) is 11.1 Å². The number of hydrogen-bond acceptors (Lipinski definition) is 6. The molecule has 3 rings (SSSR count). The fourth-order valence-corrected chi connectivity index (χ4v) is 2.76. The molecule has 3 N–H and O–H groups in total. The summed E-state index contributed by atoms with van der Waals surface area (Å²) >= 11 is 1.13. The minimum atomic E-state index is -0.549. The number of fused-ring (bicyclic) bond motifs is 3. The maximum atomic E-state index is 11.8. The van der Waals surface area contributed by atoms with Gasteiger partial charge in [0.05, 0.1) is 5.25 Å². The van der Waals surface area contributed by atoms with E-state index in [2.05, 4.69) is 30.8 Å². The van der Waals surface area contributed by atoms with Gasteiger partial charge in [-0.2, -0.15) is 0 Å². The largest absolute Gasteiger partial charge is 0.341 e. The van der Waals surface area contributed by atoms with Gasteiger partial charge in [0.25, 0.3) is 0 Å². The first-order chi connectivity index (χ1) is 11.1. The molecule has 0 bridgehead atoms. The van der Waals surface area contributed by atoms with Crippen molar-refractivity contribution in [1.82, 2.24) is 30.8 Å². The third kappa shape index (κ3) is 3.09. The second kappa shape index (κ2) is 6.21. The number of H-pyrrole nitrogens is 1. The van der Waals surface area contributed by atoms with Crippen molar-refractivity contribution in [2.24, 2.45) is 0 Å². The van der Waals surface area contributed by atoms with Crippen molar-refractivity contribution in [2.45, 2.75) is 17.3 Å². The molecule has 1 atom stereocenters. The van der Waals surface area contributed by atoms with Gasteiger partial charge >= 0.3 is 6.03 Å². The number of nitrogens with zero attached hydrogens (tertiary/aromatic N) is 3. The summed E-state index contributed by atoms with van der Waals surface area (Å²) in [6, 6.07) is 7.17. The topological polar surface area (TPSA) is 113 Å². The van der Waals surface area contributed by atoms with E-state index in [1.54, 1.807) is 6.92 Å². The van der Waals surface area contributed by atoms with Crippen LogP contribution in [0.2, 0.25) is 0 Å². The van der Waals surface area contributed by atoms with Gasteiger partial charge in [0.15, 0.2) is 5.65 Å². The summed E-state index contributed by atoms with van der Waals surface area (Å²) in [5.41, 5.74) is 2.23. The number of amides is 3. The fraction of sp³-hybridized carbons (Fsp3) is 0.214. The predicted octanol–water partition coefficient (Wildman–Crippen LogP) is 1.44. The van der Waals surface area contributed by atoms with Crippen LogP contribution in [-0.4, -0.2) is 44.4 Å². The van der Waals surface area contributed by atoms with Crippen LogP contribution < -0.4 is 10.6 Å². The molecule has 0 saturated carbocycles. The Balaban J connectivity index is 1.82. The molecule has 0 saturated heterocycles. The molecule has 0 radical (unpaired) electrons. The van der Waals surface area contributed by atoms with Crippen LogP contribution in [0.5, 0.6) is 0 Å². The van der Waals surface area contributed by atoms with Crippen LogP contribution in [0.25, 0.3) is 22.1 Å². The minimum Gasteiger partial charge on any atom is -0.341 e. The van der Waals surface area contributed by atoms with Crippen molar-refractivity contribution in [1.29, 1.82) is 0 Å². The van der Waals surface area contributed by atoms with Crippen LogP contribution >= 0.6 is 11.8 Å². The number of carbonyl (C=O) groups excluding carboxylic acids is 2. The molecule has 3 amide bonds. The van der Waals surface area contributed by atoms with Gasteiger partial charge in [-0.15, -0.1) is 10.2 Å². The summed E-state index contributed by atoms with van der Waals surface area (Å²) in [6.07, 6.45) is 0. The molecule has 3 aromatic rings. The summed E-state index contributed by atoms with van der Waals surface area (Å²) in [4.78, 5) is 30.6. The van der Waals surface area contributed by atoms with Crippen molar-refractivity contribution in [2.75, 3.05) is 7.05 Å². The SMILES string of the molecule is CNC(=O)NC(=O)[C@H](C)Sc1nnc2c(n1)[nH]c1ccccc12. The quantitative estimate of drug-likeness (QED) is 0.626. The Morgan fingerprint density at radius 1 is 1.26 bits per heavy atom. The third-order valence-electron chi connectivity index (χ3n) is 3.22. The molecule has 2 aromatic heterocycles. The summed E-state index contributed by atoms with van der Waals surface area (Å²) in [5, 5.41) is 13.6. The second-order valence-electron chi connectivity index (χ2n) is 4.79. The Kier molecular flexibility index (Phi) is 4.11. The van der Waals surface area contributed by atoms with E-state index >= 15 is 0 Å². The van der Waals surface area contributed by atoms with Gasteiger partial charge in [-0.1, -0.05) is 30.0 Å². The molecule has 0 fully saturated rings. The van der Waals surface area contributed by atoms with Gasteiger partial charge in [-0.05, 0) is 13.0 Å². The van der Waals surface area contributed by atoms with Crippen molar-refractivity contribution in [3.05, 3.63) is 24.3 Å². The summed E-state index contributed by atoms with van der Waals surface area (Å²) < 4.78 is 0. The highest BCUT2D eigenvalue weighted by Gasteiger charge is 2.19. The zero-order valence-electron chi connectivity index (χ0n) is 12.5. The van der Waals surface area contributed by atoms with E-state index in [0.29, 0.717) is 16.3 Å². The maximum Gasteiger partial charge on any atom is 0.321 e. The van der Waals surface area contributed by atoms with Gasteiger partial charge < -0.3 is 10.3 Å². The molecule has 9 heteroatoms. The number of para-hydroxylation sites is 1. The molecule has 0 aliphatic rings. The molecule has 0 spiro atoms. The number of thioether (sulfide) groups is 1. The van der Waals surface area contributed by atoms with Crippen LogP contribution in [0.4, 0.5) is 4.79 Å².